The topological polar surface area (TPSA) is 111 Å². The van der Waals surface area contributed by atoms with E-state index >= 15 is 0 Å². The van der Waals surface area contributed by atoms with Gasteiger partial charge in [0.25, 0.3) is 0 Å². The van der Waals surface area contributed by atoms with Crippen molar-refractivity contribution >= 4 is 23.5 Å². The molecular weight excluding hydrogens is 266 g/mol. The molecule has 1 unspecified atom stereocenters. The second-order valence-corrected chi connectivity index (χ2v) is 4.10. The Labute approximate surface area is 108 Å². The van der Waals surface area contributed by atoms with Crippen molar-refractivity contribution in [1.82, 2.24) is 0 Å². The third-order valence-corrected chi connectivity index (χ3v) is 2.65. The summed E-state index contributed by atoms with van der Waals surface area (Å²) in [6.45, 7) is 2.32. The smallest absolute Gasteiger partial charge is 0.303 e. The van der Waals surface area contributed by atoms with E-state index in [1.54, 1.807) is 0 Å². The molecule has 1 aliphatic rings. The molecule has 1 saturated heterocycles. The summed E-state index contributed by atoms with van der Waals surface area (Å²) in [5.74, 6) is -1.05. The lowest BCUT2D eigenvalue weighted by Crippen LogP contribution is -2.36. The summed E-state index contributed by atoms with van der Waals surface area (Å²) in [7, 11) is 0. The van der Waals surface area contributed by atoms with E-state index in [1.807, 2.05) is 0 Å². The van der Waals surface area contributed by atoms with Gasteiger partial charge >= 0.3 is 11.9 Å². The molecule has 1 rings (SSSR count). The Balaban J connectivity index is 2.74. The highest BCUT2D eigenvalue weighted by Crippen LogP contribution is 2.29. The van der Waals surface area contributed by atoms with Crippen molar-refractivity contribution in [3.8, 4) is 0 Å². The highest BCUT2D eigenvalue weighted by molar-refractivity contribution is 6.21. The van der Waals surface area contributed by atoms with Crippen molar-refractivity contribution in [1.29, 1.82) is 0 Å². The molecule has 0 spiro atoms. The SMILES string of the molecule is CC(=O)OC[C@H]1OC(N=[N+]=[N-])[C@H](Cl)[C@@H]1OC(C)=O. The summed E-state index contributed by atoms with van der Waals surface area (Å²) in [4.78, 5) is 24.2. The Kier molecular flexibility index (Phi) is 5.21. The predicted molar refractivity (Wildman–Crippen MR) is 59.6 cm³/mol. The standard InChI is InChI=1S/C9H12ClN3O5/c1-4(14)16-3-6-8(17-5(2)15)7(10)9(18-6)12-13-11/h6-9H,3H2,1-2H3/t6-,7-,8-,9?/m1/s1. The van der Waals surface area contributed by atoms with Gasteiger partial charge in [-0.25, -0.2) is 0 Å². The van der Waals surface area contributed by atoms with Gasteiger partial charge in [0.2, 0.25) is 0 Å². The van der Waals surface area contributed by atoms with E-state index in [1.165, 1.54) is 13.8 Å². The highest BCUT2D eigenvalue weighted by Gasteiger charge is 2.46. The quantitative estimate of drug-likeness (QED) is 0.251. The molecule has 0 bridgehead atoms. The summed E-state index contributed by atoms with van der Waals surface area (Å²) in [6, 6.07) is 0. The molecule has 0 N–H and O–H groups in total. The van der Waals surface area contributed by atoms with Crippen LogP contribution < -0.4 is 0 Å². The first-order valence-corrected chi connectivity index (χ1v) is 5.53. The van der Waals surface area contributed by atoms with Gasteiger partial charge in [0, 0.05) is 18.8 Å². The number of esters is 2. The van der Waals surface area contributed by atoms with Crippen molar-refractivity contribution in [2.45, 2.75) is 37.7 Å². The number of hydrogen-bond acceptors (Lipinski definition) is 6. The molecule has 8 nitrogen and oxygen atoms in total. The molecule has 0 saturated carbocycles. The van der Waals surface area contributed by atoms with Crippen LogP contribution in [0.1, 0.15) is 13.8 Å². The Morgan fingerprint density at radius 3 is 2.61 bits per heavy atom. The lowest BCUT2D eigenvalue weighted by molar-refractivity contribution is -0.154. The largest absolute Gasteiger partial charge is 0.463 e. The van der Waals surface area contributed by atoms with Crippen LogP contribution in [0.15, 0.2) is 5.11 Å². The van der Waals surface area contributed by atoms with Crippen LogP contribution in [0.2, 0.25) is 0 Å². The molecule has 4 atom stereocenters. The van der Waals surface area contributed by atoms with Gasteiger partial charge in [-0.05, 0) is 5.53 Å². The van der Waals surface area contributed by atoms with Gasteiger partial charge < -0.3 is 14.2 Å². The maximum Gasteiger partial charge on any atom is 0.303 e. The van der Waals surface area contributed by atoms with Gasteiger partial charge in [-0.2, -0.15) is 0 Å². The van der Waals surface area contributed by atoms with Crippen LogP contribution in [0.25, 0.3) is 10.4 Å². The molecule has 0 amide bonds. The van der Waals surface area contributed by atoms with Gasteiger partial charge in [0.1, 0.15) is 18.1 Å². The number of nitrogens with zero attached hydrogens (tertiary/aromatic N) is 3. The van der Waals surface area contributed by atoms with Crippen LogP contribution in [-0.4, -0.2) is 42.4 Å². The fourth-order valence-electron chi connectivity index (χ4n) is 1.51. The fourth-order valence-corrected chi connectivity index (χ4v) is 1.83. The van der Waals surface area contributed by atoms with E-state index in [4.69, 9.17) is 31.3 Å². The molecule has 0 radical (unpaired) electrons. The number of ether oxygens (including phenoxy) is 3. The van der Waals surface area contributed by atoms with Crippen molar-refractivity contribution in [3.63, 3.8) is 0 Å². The number of carbonyl (C=O) groups excluding carboxylic acids is 2. The summed E-state index contributed by atoms with van der Waals surface area (Å²) < 4.78 is 15.0. The summed E-state index contributed by atoms with van der Waals surface area (Å²) in [5.41, 5.74) is 8.34. The monoisotopic (exact) mass is 277 g/mol. The number of rotatable bonds is 4. The lowest BCUT2D eigenvalue weighted by Gasteiger charge is -2.19. The molecule has 9 heteroatoms. The third kappa shape index (κ3) is 3.76. The first-order chi connectivity index (χ1) is 8.45. The van der Waals surface area contributed by atoms with E-state index in [0.29, 0.717) is 0 Å². The minimum atomic E-state index is -0.971. The second-order valence-electron chi connectivity index (χ2n) is 3.59. The first kappa shape index (κ1) is 14.6. The minimum Gasteiger partial charge on any atom is -0.463 e. The van der Waals surface area contributed by atoms with Crippen molar-refractivity contribution < 1.29 is 23.8 Å². The van der Waals surface area contributed by atoms with Crippen LogP contribution >= 0.6 is 11.6 Å². The average Bonchev–Trinajstić information content (AvgIpc) is 2.55. The number of carbonyl (C=O) groups is 2. The average molecular weight is 278 g/mol. The van der Waals surface area contributed by atoms with Crippen molar-refractivity contribution in [2.24, 2.45) is 5.11 Å². The van der Waals surface area contributed by atoms with Crippen LogP contribution in [0.3, 0.4) is 0 Å². The van der Waals surface area contributed by atoms with Crippen LogP contribution in [-0.2, 0) is 23.8 Å². The first-order valence-electron chi connectivity index (χ1n) is 5.10. The van der Waals surface area contributed by atoms with E-state index in [9.17, 15) is 9.59 Å². The molecule has 0 aliphatic carbocycles. The molecule has 1 aliphatic heterocycles. The summed E-state index contributed by atoms with van der Waals surface area (Å²) in [5, 5.41) is 2.51. The maximum absolute atomic E-state index is 10.9. The fraction of sp³-hybridized carbons (Fsp3) is 0.778. The number of halogens is 1. The number of hydrogen-bond donors (Lipinski definition) is 0. The molecule has 1 heterocycles. The molecule has 1 fully saturated rings. The van der Waals surface area contributed by atoms with Gasteiger partial charge in [-0.15, -0.1) is 11.6 Å². The third-order valence-electron chi connectivity index (χ3n) is 2.19. The molecule has 0 aromatic rings. The second kappa shape index (κ2) is 6.44. The molecule has 100 valence electrons. The Morgan fingerprint density at radius 2 is 2.11 bits per heavy atom. The zero-order chi connectivity index (χ0) is 13.7. The van der Waals surface area contributed by atoms with E-state index in [0.717, 1.165) is 0 Å². The zero-order valence-electron chi connectivity index (χ0n) is 9.78. The summed E-state index contributed by atoms with van der Waals surface area (Å²) in [6.07, 6.45) is -2.56. The Bertz CT molecular complexity index is 384. The molecule has 0 aromatic carbocycles. The van der Waals surface area contributed by atoms with E-state index in [-0.39, 0.29) is 6.61 Å². The minimum absolute atomic E-state index is 0.131. The normalized spacial score (nSPS) is 30.4. The van der Waals surface area contributed by atoms with Gasteiger partial charge in [0.05, 0.1) is 0 Å². The van der Waals surface area contributed by atoms with Gasteiger partial charge in [-0.1, -0.05) is 5.11 Å². The van der Waals surface area contributed by atoms with Crippen molar-refractivity contribution in [2.75, 3.05) is 6.61 Å². The van der Waals surface area contributed by atoms with Crippen molar-refractivity contribution in [3.05, 3.63) is 10.4 Å². The lowest BCUT2D eigenvalue weighted by atomic mass is 10.2. The highest BCUT2D eigenvalue weighted by atomic mass is 35.5. The Morgan fingerprint density at radius 1 is 1.44 bits per heavy atom. The molecule has 18 heavy (non-hydrogen) atoms. The molecular formula is C9H12ClN3O5. The number of azide groups is 1. The summed E-state index contributed by atoms with van der Waals surface area (Å²) >= 11 is 5.97. The van der Waals surface area contributed by atoms with Gasteiger partial charge in [-0.3, -0.25) is 9.59 Å². The van der Waals surface area contributed by atoms with Crippen LogP contribution in [0, 0.1) is 0 Å². The van der Waals surface area contributed by atoms with E-state index in [2.05, 4.69) is 10.0 Å². The predicted octanol–water partition coefficient (Wildman–Crippen LogP) is 1.12. The molecule has 0 aromatic heterocycles. The maximum atomic E-state index is 10.9. The zero-order valence-corrected chi connectivity index (χ0v) is 10.5. The van der Waals surface area contributed by atoms with Crippen LogP contribution in [0.5, 0.6) is 0 Å². The Hall–Kier alpha value is -1.50. The number of alkyl halides is 1. The van der Waals surface area contributed by atoms with E-state index < -0.39 is 35.8 Å². The van der Waals surface area contributed by atoms with Crippen LogP contribution in [0.4, 0.5) is 0 Å². The van der Waals surface area contributed by atoms with Gasteiger partial charge in [0.15, 0.2) is 12.3 Å².